The zero-order chi connectivity index (χ0) is 16.1. The molecule has 0 bridgehead atoms. The monoisotopic (exact) mass is 332 g/mol. The van der Waals surface area contributed by atoms with E-state index in [4.69, 9.17) is 11.6 Å². The Labute approximate surface area is 133 Å². The highest BCUT2D eigenvalue weighted by molar-refractivity contribution is 6.32. The van der Waals surface area contributed by atoms with Gasteiger partial charge in [-0.05, 0) is 37.0 Å². The maximum Gasteiger partial charge on any atom is 0.387 e. The molecular formula is C15H19ClF2N2O2. The molecule has 1 aromatic carbocycles. The second kappa shape index (κ2) is 7.63. The summed E-state index contributed by atoms with van der Waals surface area (Å²) >= 11 is 5.84. The number of ether oxygens (including phenoxy) is 1. The Morgan fingerprint density at radius 3 is 2.73 bits per heavy atom. The summed E-state index contributed by atoms with van der Waals surface area (Å²) in [6.45, 7) is -0.815. The molecule has 0 heterocycles. The van der Waals surface area contributed by atoms with Crippen molar-refractivity contribution in [3.63, 3.8) is 0 Å². The fourth-order valence-electron chi connectivity index (χ4n) is 2.64. The van der Waals surface area contributed by atoms with Gasteiger partial charge in [-0.25, -0.2) is 4.79 Å². The fraction of sp³-hybridized carbons (Fsp3) is 0.533. The summed E-state index contributed by atoms with van der Waals surface area (Å²) < 4.78 is 28.5. The van der Waals surface area contributed by atoms with E-state index in [1.807, 2.05) is 0 Å². The number of urea groups is 1. The van der Waals surface area contributed by atoms with Gasteiger partial charge in [0.05, 0.1) is 5.02 Å². The number of carbonyl (C=O) groups excluding carboxylic acids is 1. The summed E-state index contributed by atoms with van der Waals surface area (Å²) in [7, 11) is 0. The third-order valence-corrected chi connectivity index (χ3v) is 4.13. The molecule has 4 nitrogen and oxygen atoms in total. The van der Waals surface area contributed by atoms with Crippen LogP contribution in [0, 0.1) is 5.92 Å². The molecule has 122 valence electrons. The van der Waals surface area contributed by atoms with Crippen LogP contribution in [-0.2, 0) is 0 Å². The summed E-state index contributed by atoms with van der Waals surface area (Å²) in [6.07, 6.45) is 4.38. The van der Waals surface area contributed by atoms with Crippen LogP contribution in [0.3, 0.4) is 0 Å². The number of amides is 2. The van der Waals surface area contributed by atoms with E-state index in [1.54, 1.807) is 0 Å². The second-order valence-corrected chi connectivity index (χ2v) is 5.90. The normalized spacial score (nSPS) is 21.5. The first-order valence-corrected chi connectivity index (χ1v) is 7.65. The zero-order valence-electron chi connectivity index (χ0n) is 12.2. The van der Waals surface area contributed by atoms with E-state index in [0.717, 1.165) is 19.3 Å². The Kier molecular flexibility index (Phi) is 5.83. The molecule has 1 saturated carbocycles. The lowest BCUT2D eigenvalue weighted by Gasteiger charge is -2.29. The van der Waals surface area contributed by atoms with Gasteiger partial charge in [0.15, 0.2) is 0 Å². The second-order valence-electron chi connectivity index (χ2n) is 5.49. The van der Waals surface area contributed by atoms with E-state index in [2.05, 4.69) is 22.3 Å². The van der Waals surface area contributed by atoms with Crippen molar-refractivity contribution in [1.29, 1.82) is 0 Å². The summed E-state index contributed by atoms with van der Waals surface area (Å²) in [5.74, 6) is 0.327. The van der Waals surface area contributed by atoms with E-state index >= 15 is 0 Å². The Morgan fingerprint density at radius 1 is 1.36 bits per heavy atom. The van der Waals surface area contributed by atoms with Crippen LogP contribution in [0.5, 0.6) is 5.75 Å². The predicted octanol–water partition coefficient (Wildman–Crippen LogP) is 4.64. The van der Waals surface area contributed by atoms with Crippen molar-refractivity contribution in [1.82, 2.24) is 5.32 Å². The fourth-order valence-corrected chi connectivity index (χ4v) is 2.86. The topological polar surface area (TPSA) is 50.4 Å². The molecule has 0 saturated heterocycles. The molecule has 0 spiro atoms. The van der Waals surface area contributed by atoms with Gasteiger partial charge in [-0.2, -0.15) is 8.78 Å². The molecule has 0 aromatic heterocycles. The molecule has 2 atom stereocenters. The number of benzene rings is 1. The van der Waals surface area contributed by atoms with Gasteiger partial charge in [0.25, 0.3) is 0 Å². The molecule has 0 aliphatic heterocycles. The number of anilines is 1. The van der Waals surface area contributed by atoms with E-state index in [0.29, 0.717) is 11.6 Å². The quantitative estimate of drug-likeness (QED) is 0.843. The first-order chi connectivity index (χ1) is 10.5. The number of hydrogen-bond donors (Lipinski definition) is 2. The molecule has 2 N–H and O–H groups in total. The molecule has 1 fully saturated rings. The van der Waals surface area contributed by atoms with Crippen LogP contribution in [0.2, 0.25) is 5.02 Å². The van der Waals surface area contributed by atoms with Gasteiger partial charge < -0.3 is 15.4 Å². The number of carbonyl (C=O) groups is 1. The van der Waals surface area contributed by atoms with Crippen LogP contribution in [0.25, 0.3) is 0 Å². The van der Waals surface area contributed by atoms with Crippen LogP contribution in [0.1, 0.15) is 32.6 Å². The average Bonchev–Trinajstić information content (AvgIpc) is 2.44. The summed E-state index contributed by atoms with van der Waals surface area (Å²) in [4.78, 5) is 12.0. The third kappa shape index (κ3) is 4.73. The van der Waals surface area contributed by atoms with Crippen molar-refractivity contribution >= 4 is 23.3 Å². The van der Waals surface area contributed by atoms with Crippen molar-refractivity contribution in [2.45, 2.75) is 45.3 Å². The molecular weight excluding hydrogens is 314 g/mol. The first kappa shape index (κ1) is 16.8. The maximum absolute atomic E-state index is 12.1. The largest absolute Gasteiger partial charge is 0.433 e. The number of hydrogen-bond acceptors (Lipinski definition) is 2. The van der Waals surface area contributed by atoms with Gasteiger partial charge in [0.1, 0.15) is 5.75 Å². The van der Waals surface area contributed by atoms with E-state index in [-0.39, 0.29) is 22.8 Å². The van der Waals surface area contributed by atoms with Gasteiger partial charge in [0, 0.05) is 11.7 Å². The summed E-state index contributed by atoms with van der Waals surface area (Å²) in [6, 6.07) is 3.98. The van der Waals surface area contributed by atoms with Crippen molar-refractivity contribution in [2.75, 3.05) is 5.32 Å². The van der Waals surface area contributed by atoms with E-state index in [9.17, 15) is 13.6 Å². The predicted molar refractivity (Wildman–Crippen MR) is 81.7 cm³/mol. The lowest BCUT2D eigenvalue weighted by atomic mass is 9.86. The highest BCUT2D eigenvalue weighted by Gasteiger charge is 2.22. The molecule has 2 amide bonds. The number of nitrogens with one attached hydrogen (secondary N) is 2. The first-order valence-electron chi connectivity index (χ1n) is 7.27. The van der Waals surface area contributed by atoms with Crippen LogP contribution in [0.4, 0.5) is 19.3 Å². The Hall–Kier alpha value is -1.56. The maximum atomic E-state index is 12.1. The van der Waals surface area contributed by atoms with Gasteiger partial charge in [-0.15, -0.1) is 0 Å². The van der Waals surface area contributed by atoms with E-state index < -0.39 is 6.61 Å². The van der Waals surface area contributed by atoms with Gasteiger partial charge in [-0.3, -0.25) is 0 Å². The van der Waals surface area contributed by atoms with Gasteiger partial charge in [-0.1, -0.05) is 31.4 Å². The summed E-state index contributed by atoms with van der Waals surface area (Å²) in [5.41, 5.74) is 0.424. The number of alkyl halides is 2. The van der Waals surface area contributed by atoms with Crippen molar-refractivity contribution in [3.8, 4) is 5.75 Å². The molecule has 1 aliphatic rings. The number of rotatable bonds is 4. The minimum Gasteiger partial charge on any atom is -0.433 e. The van der Waals surface area contributed by atoms with Crippen LogP contribution in [0.15, 0.2) is 18.2 Å². The SMILES string of the molecule is CC1CCCCC1NC(=O)Nc1ccc(OC(F)F)c(Cl)c1. The standard InChI is InChI=1S/C15H19ClF2N2O2/c1-9-4-2-3-5-12(9)20-15(21)19-10-6-7-13(11(16)8-10)22-14(17)18/h6-9,12,14H,2-5H2,1H3,(H2,19,20,21). The van der Waals surface area contributed by atoms with Gasteiger partial charge in [0.2, 0.25) is 0 Å². The molecule has 7 heteroatoms. The molecule has 2 rings (SSSR count). The Morgan fingerprint density at radius 2 is 2.09 bits per heavy atom. The summed E-state index contributed by atoms with van der Waals surface area (Å²) in [5, 5.41) is 5.61. The lowest BCUT2D eigenvalue weighted by Crippen LogP contribution is -2.43. The molecule has 0 radical (unpaired) electrons. The number of halogens is 3. The van der Waals surface area contributed by atoms with Gasteiger partial charge >= 0.3 is 12.6 Å². The zero-order valence-corrected chi connectivity index (χ0v) is 13.0. The molecule has 2 unspecified atom stereocenters. The minimum atomic E-state index is -2.94. The average molecular weight is 333 g/mol. The van der Waals surface area contributed by atoms with Crippen molar-refractivity contribution in [2.24, 2.45) is 5.92 Å². The van der Waals surface area contributed by atoms with Crippen LogP contribution < -0.4 is 15.4 Å². The van der Waals surface area contributed by atoms with E-state index in [1.165, 1.54) is 24.6 Å². The molecule has 1 aromatic rings. The lowest BCUT2D eigenvalue weighted by molar-refractivity contribution is -0.0497. The minimum absolute atomic E-state index is 0.0177. The van der Waals surface area contributed by atoms with Crippen molar-refractivity contribution < 1.29 is 18.3 Å². The molecule has 22 heavy (non-hydrogen) atoms. The van der Waals surface area contributed by atoms with Crippen LogP contribution in [-0.4, -0.2) is 18.7 Å². The molecule has 1 aliphatic carbocycles. The van der Waals surface area contributed by atoms with Crippen LogP contribution >= 0.6 is 11.6 Å². The smallest absolute Gasteiger partial charge is 0.387 e. The highest BCUT2D eigenvalue weighted by Crippen LogP contribution is 2.29. The van der Waals surface area contributed by atoms with Crippen molar-refractivity contribution in [3.05, 3.63) is 23.2 Å². The third-order valence-electron chi connectivity index (χ3n) is 3.83. The Bertz CT molecular complexity index is 528. The highest BCUT2D eigenvalue weighted by atomic mass is 35.5. The Balaban J connectivity index is 1.92.